The molecule has 3 aromatic rings. The van der Waals surface area contributed by atoms with Gasteiger partial charge in [0.25, 0.3) is 0 Å². The molecule has 22 heavy (non-hydrogen) atoms. The van der Waals surface area contributed by atoms with Crippen molar-refractivity contribution in [3.05, 3.63) is 55.0 Å². The third-order valence-corrected chi connectivity index (χ3v) is 3.29. The Morgan fingerprint density at radius 1 is 1.05 bits per heavy atom. The second kappa shape index (κ2) is 5.30. The van der Waals surface area contributed by atoms with Gasteiger partial charge in [-0.05, 0) is 62.2 Å². The molecule has 0 fully saturated rings. The summed E-state index contributed by atoms with van der Waals surface area (Å²) in [7, 11) is 0. The standard InChI is InChI=1S/C18H18N2O2/c1-18(2,3)22-17(21)20-11-8-15-12-14(4-5-16(15)20)13-6-9-19-10-7-13/h4-12H,1-3H3. The Morgan fingerprint density at radius 2 is 1.77 bits per heavy atom. The summed E-state index contributed by atoms with van der Waals surface area (Å²) in [6.07, 6.45) is 4.92. The highest BCUT2D eigenvalue weighted by molar-refractivity contribution is 5.92. The molecule has 0 aliphatic rings. The number of pyridine rings is 1. The molecule has 0 atom stereocenters. The summed E-state index contributed by atoms with van der Waals surface area (Å²) in [6, 6.07) is 11.8. The minimum Gasteiger partial charge on any atom is -0.443 e. The number of rotatable bonds is 1. The normalized spacial score (nSPS) is 11.6. The first-order chi connectivity index (χ1) is 10.4. The van der Waals surface area contributed by atoms with Crippen LogP contribution in [0.4, 0.5) is 4.79 Å². The number of hydrogen-bond donors (Lipinski definition) is 0. The van der Waals surface area contributed by atoms with Crippen LogP contribution in [-0.2, 0) is 4.74 Å². The van der Waals surface area contributed by atoms with E-state index in [2.05, 4.69) is 11.1 Å². The number of carbonyl (C=O) groups excluding carboxylic acids is 1. The average Bonchev–Trinajstić information content (AvgIpc) is 2.89. The Bertz CT molecular complexity index is 814. The highest BCUT2D eigenvalue weighted by Gasteiger charge is 2.19. The Morgan fingerprint density at radius 3 is 2.45 bits per heavy atom. The maximum atomic E-state index is 12.2. The van der Waals surface area contributed by atoms with E-state index in [1.165, 1.54) is 4.57 Å². The fourth-order valence-electron chi connectivity index (χ4n) is 2.34. The number of aromatic nitrogens is 2. The molecule has 2 aromatic heterocycles. The Hall–Kier alpha value is -2.62. The van der Waals surface area contributed by atoms with Crippen LogP contribution in [0.5, 0.6) is 0 Å². The lowest BCUT2D eigenvalue weighted by Gasteiger charge is -2.19. The molecule has 0 radical (unpaired) electrons. The average molecular weight is 294 g/mol. The van der Waals surface area contributed by atoms with Gasteiger partial charge in [-0.1, -0.05) is 6.07 Å². The van der Waals surface area contributed by atoms with E-state index in [0.717, 1.165) is 22.0 Å². The van der Waals surface area contributed by atoms with Gasteiger partial charge in [0, 0.05) is 24.0 Å². The van der Waals surface area contributed by atoms with Gasteiger partial charge in [0.05, 0.1) is 5.52 Å². The van der Waals surface area contributed by atoms with Gasteiger partial charge in [0.2, 0.25) is 0 Å². The predicted molar refractivity (Wildman–Crippen MR) is 86.8 cm³/mol. The van der Waals surface area contributed by atoms with Crippen LogP contribution in [0.15, 0.2) is 55.0 Å². The molecule has 0 unspecified atom stereocenters. The van der Waals surface area contributed by atoms with Crippen molar-refractivity contribution in [1.82, 2.24) is 9.55 Å². The van der Waals surface area contributed by atoms with Crippen LogP contribution in [0, 0.1) is 0 Å². The van der Waals surface area contributed by atoms with Gasteiger partial charge in [0.15, 0.2) is 0 Å². The van der Waals surface area contributed by atoms with E-state index in [0.29, 0.717) is 0 Å². The SMILES string of the molecule is CC(C)(C)OC(=O)n1ccc2cc(-c3ccncc3)ccc21. The van der Waals surface area contributed by atoms with Gasteiger partial charge in [-0.25, -0.2) is 4.79 Å². The van der Waals surface area contributed by atoms with E-state index >= 15 is 0 Å². The molecule has 4 nitrogen and oxygen atoms in total. The summed E-state index contributed by atoms with van der Waals surface area (Å²) in [6.45, 7) is 5.58. The third kappa shape index (κ3) is 2.86. The molecule has 112 valence electrons. The van der Waals surface area contributed by atoms with Crippen LogP contribution >= 0.6 is 0 Å². The summed E-state index contributed by atoms with van der Waals surface area (Å²) in [5.74, 6) is 0. The second-order valence-corrected chi connectivity index (χ2v) is 6.18. The van der Waals surface area contributed by atoms with Gasteiger partial charge < -0.3 is 4.74 Å². The molecule has 0 aliphatic carbocycles. The Labute approximate surface area is 129 Å². The number of benzene rings is 1. The van der Waals surface area contributed by atoms with Crippen molar-refractivity contribution in [2.45, 2.75) is 26.4 Å². The summed E-state index contributed by atoms with van der Waals surface area (Å²) >= 11 is 0. The fraction of sp³-hybridized carbons (Fsp3) is 0.222. The zero-order valence-corrected chi connectivity index (χ0v) is 12.9. The van der Waals surface area contributed by atoms with E-state index in [9.17, 15) is 4.79 Å². The minimum absolute atomic E-state index is 0.362. The van der Waals surface area contributed by atoms with Crippen molar-refractivity contribution in [1.29, 1.82) is 0 Å². The van der Waals surface area contributed by atoms with Gasteiger partial charge in [0.1, 0.15) is 5.60 Å². The number of ether oxygens (including phenoxy) is 1. The van der Waals surface area contributed by atoms with Gasteiger partial charge >= 0.3 is 6.09 Å². The summed E-state index contributed by atoms with van der Waals surface area (Å²) in [4.78, 5) is 16.3. The highest BCUT2D eigenvalue weighted by atomic mass is 16.6. The van der Waals surface area contributed by atoms with E-state index in [4.69, 9.17) is 4.74 Å². The van der Waals surface area contributed by atoms with Crippen molar-refractivity contribution < 1.29 is 9.53 Å². The molecule has 0 amide bonds. The van der Waals surface area contributed by atoms with Crippen molar-refractivity contribution in [3.63, 3.8) is 0 Å². The summed E-state index contributed by atoms with van der Waals surface area (Å²) in [5, 5.41) is 1.00. The number of carbonyl (C=O) groups is 1. The van der Waals surface area contributed by atoms with Gasteiger partial charge in [-0.2, -0.15) is 0 Å². The minimum atomic E-state index is -0.509. The lowest BCUT2D eigenvalue weighted by atomic mass is 10.1. The van der Waals surface area contributed by atoms with Crippen LogP contribution in [-0.4, -0.2) is 21.2 Å². The van der Waals surface area contributed by atoms with E-state index < -0.39 is 5.60 Å². The molecule has 0 saturated heterocycles. The van der Waals surface area contributed by atoms with Crippen molar-refractivity contribution in [3.8, 4) is 11.1 Å². The lowest BCUT2D eigenvalue weighted by Crippen LogP contribution is -2.26. The lowest BCUT2D eigenvalue weighted by molar-refractivity contribution is 0.0544. The first-order valence-corrected chi connectivity index (χ1v) is 7.19. The smallest absolute Gasteiger partial charge is 0.418 e. The zero-order valence-electron chi connectivity index (χ0n) is 12.9. The molecule has 2 heterocycles. The topological polar surface area (TPSA) is 44.1 Å². The van der Waals surface area contributed by atoms with Gasteiger partial charge in [-0.15, -0.1) is 0 Å². The molecule has 3 rings (SSSR count). The highest BCUT2D eigenvalue weighted by Crippen LogP contribution is 2.25. The molecule has 0 saturated carbocycles. The van der Waals surface area contributed by atoms with Crippen LogP contribution in [0.25, 0.3) is 22.0 Å². The monoisotopic (exact) mass is 294 g/mol. The summed E-state index contributed by atoms with van der Waals surface area (Å²) < 4.78 is 6.96. The van der Waals surface area contributed by atoms with E-state index in [1.807, 2.05) is 51.1 Å². The first kappa shape index (κ1) is 14.3. The second-order valence-electron chi connectivity index (χ2n) is 6.18. The number of fused-ring (bicyclic) bond motifs is 1. The van der Waals surface area contributed by atoms with Crippen molar-refractivity contribution in [2.75, 3.05) is 0 Å². The number of hydrogen-bond acceptors (Lipinski definition) is 3. The zero-order chi connectivity index (χ0) is 15.7. The van der Waals surface area contributed by atoms with Crippen molar-refractivity contribution in [2.24, 2.45) is 0 Å². The molecule has 0 aliphatic heterocycles. The molecule has 0 bridgehead atoms. The number of nitrogens with zero attached hydrogens (tertiary/aromatic N) is 2. The third-order valence-electron chi connectivity index (χ3n) is 3.29. The molecular formula is C18H18N2O2. The van der Waals surface area contributed by atoms with E-state index in [1.54, 1.807) is 18.6 Å². The molecule has 0 N–H and O–H groups in total. The molecular weight excluding hydrogens is 276 g/mol. The fourth-order valence-corrected chi connectivity index (χ4v) is 2.34. The maximum absolute atomic E-state index is 12.2. The largest absolute Gasteiger partial charge is 0.443 e. The van der Waals surface area contributed by atoms with Crippen LogP contribution in [0.2, 0.25) is 0 Å². The molecule has 4 heteroatoms. The van der Waals surface area contributed by atoms with Crippen molar-refractivity contribution >= 4 is 17.0 Å². The molecule has 0 spiro atoms. The van der Waals surface area contributed by atoms with Gasteiger partial charge in [-0.3, -0.25) is 9.55 Å². The predicted octanol–water partition coefficient (Wildman–Crippen LogP) is 4.49. The maximum Gasteiger partial charge on any atom is 0.418 e. The summed E-state index contributed by atoms with van der Waals surface area (Å²) in [5.41, 5.74) is 2.52. The Balaban J connectivity index is 1.98. The van der Waals surface area contributed by atoms with Crippen LogP contribution in [0.1, 0.15) is 20.8 Å². The Kier molecular flexibility index (Phi) is 3.45. The van der Waals surface area contributed by atoms with E-state index in [-0.39, 0.29) is 6.09 Å². The first-order valence-electron chi connectivity index (χ1n) is 7.19. The van der Waals surface area contributed by atoms with Crippen LogP contribution in [0.3, 0.4) is 0 Å². The quantitative estimate of drug-likeness (QED) is 0.664. The van der Waals surface area contributed by atoms with Crippen LogP contribution < -0.4 is 0 Å². The molecule has 1 aromatic carbocycles.